The van der Waals surface area contributed by atoms with Crippen LogP contribution in [0.2, 0.25) is 0 Å². The van der Waals surface area contributed by atoms with E-state index in [0.29, 0.717) is 17.8 Å². The minimum absolute atomic E-state index is 0.0352. The van der Waals surface area contributed by atoms with Crippen LogP contribution in [0.5, 0.6) is 0 Å². The molecular weight excluding hydrogens is 480 g/mol. The van der Waals surface area contributed by atoms with Gasteiger partial charge in [0.15, 0.2) is 0 Å². The van der Waals surface area contributed by atoms with Crippen LogP contribution in [-0.2, 0) is 16.2 Å². The van der Waals surface area contributed by atoms with E-state index < -0.39 is 0 Å². The molecule has 0 amide bonds. The van der Waals surface area contributed by atoms with Crippen molar-refractivity contribution in [3.63, 3.8) is 0 Å². The molecule has 3 aromatic carbocycles. The highest BCUT2D eigenvalue weighted by atomic mass is 14.6. The zero-order valence-corrected chi connectivity index (χ0v) is 26.4. The molecule has 208 valence electrons. The smallest absolute Gasteiger partial charge is 0.0208 e. The van der Waals surface area contributed by atoms with Gasteiger partial charge in [-0.25, -0.2) is 0 Å². The minimum atomic E-state index is -0.0352. The molecular formula is C40H48. The fourth-order valence-corrected chi connectivity index (χ4v) is 7.97. The van der Waals surface area contributed by atoms with Crippen LogP contribution in [0.4, 0.5) is 0 Å². The van der Waals surface area contributed by atoms with Crippen molar-refractivity contribution in [2.24, 2.45) is 17.3 Å². The Kier molecular flexibility index (Phi) is 6.02. The fraction of sp³-hybridized carbons (Fsp3) is 0.450. The molecule has 3 atom stereocenters. The third-order valence-electron chi connectivity index (χ3n) is 10.2. The quantitative estimate of drug-likeness (QED) is 0.310. The zero-order valence-electron chi connectivity index (χ0n) is 26.4. The molecule has 3 aliphatic rings. The Morgan fingerprint density at radius 1 is 0.650 bits per heavy atom. The van der Waals surface area contributed by atoms with E-state index in [1.54, 1.807) is 5.57 Å². The molecule has 3 aliphatic carbocycles. The molecule has 0 aromatic heterocycles. The van der Waals surface area contributed by atoms with E-state index in [-0.39, 0.29) is 21.7 Å². The molecule has 0 spiro atoms. The monoisotopic (exact) mass is 528 g/mol. The van der Waals surface area contributed by atoms with Crippen LogP contribution in [0.25, 0.3) is 11.1 Å². The van der Waals surface area contributed by atoms with Gasteiger partial charge >= 0.3 is 0 Å². The van der Waals surface area contributed by atoms with Crippen LogP contribution in [0.3, 0.4) is 0 Å². The maximum absolute atomic E-state index is 2.67. The maximum Gasteiger partial charge on any atom is 0.0208 e. The Labute approximate surface area is 243 Å². The summed E-state index contributed by atoms with van der Waals surface area (Å²) in [6.07, 6.45) is 6.42. The number of rotatable bonds is 2. The summed E-state index contributed by atoms with van der Waals surface area (Å²) in [5.74, 6) is 1.25. The summed E-state index contributed by atoms with van der Waals surface area (Å²) >= 11 is 0. The third-order valence-corrected chi connectivity index (χ3v) is 10.2. The first-order valence-corrected chi connectivity index (χ1v) is 15.4. The van der Waals surface area contributed by atoms with E-state index in [2.05, 4.69) is 148 Å². The van der Waals surface area contributed by atoms with Gasteiger partial charge in [-0.3, -0.25) is 0 Å². The van der Waals surface area contributed by atoms with Crippen molar-refractivity contribution in [1.29, 1.82) is 0 Å². The lowest BCUT2D eigenvalue weighted by Gasteiger charge is -2.42. The fourth-order valence-electron chi connectivity index (χ4n) is 7.97. The topological polar surface area (TPSA) is 0 Å². The summed E-state index contributed by atoms with van der Waals surface area (Å²) in [5.41, 5.74) is 13.8. The summed E-state index contributed by atoms with van der Waals surface area (Å²) < 4.78 is 0. The van der Waals surface area contributed by atoms with Gasteiger partial charge in [-0.05, 0) is 73.1 Å². The molecule has 0 saturated heterocycles. The Hall–Kier alpha value is -2.86. The van der Waals surface area contributed by atoms with Crippen molar-refractivity contribution in [2.45, 2.75) is 97.8 Å². The largest absolute Gasteiger partial charge is 0.0726 e. The molecule has 3 unspecified atom stereocenters. The Bertz CT molecular complexity index is 1460. The lowest BCUT2D eigenvalue weighted by atomic mass is 9.60. The van der Waals surface area contributed by atoms with Gasteiger partial charge in [-0.1, -0.05) is 154 Å². The number of fused-ring (bicyclic) bond motifs is 4. The van der Waals surface area contributed by atoms with Crippen molar-refractivity contribution in [3.05, 3.63) is 118 Å². The molecule has 1 saturated carbocycles. The first-order chi connectivity index (χ1) is 18.6. The highest BCUT2D eigenvalue weighted by Crippen LogP contribution is 2.66. The Morgan fingerprint density at radius 2 is 1.18 bits per heavy atom. The van der Waals surface area contributed by atoms with E-state index in [1.165, 1.54) is 50.9 Å². The van der Waals surface area contributed by atoms with Crippen molar-refractivity contribution in [3.8, 4) is 11.1 Å². The summed E-state index contributed by atoms with van der Waals surface area (Å²) in [6.45, 7) is 23.7. The number of allylic oxidation sites excluding steroid dienone is 4. The molecule has 0 bridgehead atoms. The van der Waals surface area contributed by atoms with Crippen LogP contribution in [0.15, 0.2) is 90.0 Å². The van der Waals surface area contributed by atoms with Crippen molar-refractivity contribution in [2.75, 3.05) is 0 Å². The second kappa shape index (κ2) is 8.82. The van der Waals surface area contributed by atoms with Crippen LogP contribution in [0, 0.1) is 17.3 Å². The van der Waals surface area contributed by atoms with Crippen molar-refractivity contribution < 1.29 is 0 Å². The van der Waals surface area contributed by atoms with E-state index in [1.807, 2.05) is 0 Å². The van der Waals surface area contributed by atoms with Gasteiger partial charge in [0.2, 0.25) is 0 Å². The van der Waals surface area contributed by atoms with Crippen LogP contribution in [-0.4, -0.2) is 0 Å². The number of hydrogen-bond acceptors (Lipinski definition) is 0. The molecule has 0 aliphatic heterocycles. The summed E-state index contributed by atoms with van der Waals surface area (Å²) in [4.78, 5) is 0. The van der Waals surface area contributed by atoms with Gasteiger partial charge in [0.05, 0.1) is 0 Å². The average molecular weight is 529 g/mol. The lowest BCUT2D eigenvalue weighted by Crippen LogP contribution is -2.37. The zero-order chi connectivity index (χ0) is 28.8. The molecule has 0 heterocycles. The van der Waals surface area contributed by atoms with E-state index in [9.17, 15) is 0 Å². The summed E-state index contributed by atoms with van der Waals surface area (Å²) in [5, 5.41) is 0. The number of hydrogen-bond donors (Lipinski definition) is 0. The van der Waals surface area contributed by atoms with Gasteiger partial charge in [0, 0.05) is 17.3 Å². The van der Waals surface area contributed by atoms with E-state index >= 15 is 0 Å². The second-order valence-electron chi connectivity index (χ2n) is 16.0. The van der Waals surface area contributed by atoms with Crippen LogP contribution in [0.1, 0.15) is 109 Å². The molecule has 40 heavy (non-hydrogen) atoms. The van der Waals surface area contributed by atoms with Gasteiger partial charge < -0.3 is 0 Å². The van der Waals surface area contributed by atoms with E-state index in [0.717, 1.165) is 0 Å². The van der Waals surface area contributed by atoms with Crippen LogP contribution >= 0.6 is 0 Å². The first kappa shape index (κ1) is 27.3. The second-order valence-corrected chi connectivity index (χ2v) is 16.0. The van der Waals surface area contributed by atoms with Crippen molar-refractivity contribution >= 4 is 0 Å². The summed E-state index contributed by atoms with van der Waals surface area (Å²) in [7, 11) is 0. The molecule has 0 N–H and O–H groups in total. The lowest BCUT2D eigenvalue weighted by molar-refractivity contribution is 0.330. The Balaban J connectivity index is 1.69. The van der Waals surface area contributed by atoms with Gasteiger partial charge in [-0.15, -0.1) is 0 Å². The molecule has 0 radical (unpaired) electrons. The minimum Gasteiger partial charge on any atom is -0.0726 e. The highest BCUT2D eigenvalue weighted by Gasteiger charge is 2.58. The number of benzene rings is 3. The van der Waals surface area contributed by atoms with Gasteiger partial charge in [-0.2, -0.15) is 0 Å². The van der Waals surface area contributed by atoms with E-state index in [4.69, 9.17) is 0 Å². The molecule has 0 nitrogen and oxygen atoms in total. The molecule has 0 heteroatoms. The van der Waals surface area contributed by atoms with Crippen LogP contribution < -0.4 is 0 Å². The van der Waals surface area contributed by atoms with Gasteiger partial charge in [0.1, 0.15) is 0 Å². The first-order valence-electron chi connectivity index (χ1n) is 15.4. The standard InChI is InChI=1S/C40H48/c1-25-24-40(26-14-12-11-13-15-26,35-23-29(22-32(25)35)39(8,9)10)36-33-20-27(37(2,3)4)16-18-30(33)31-19-17-28(21-34(31)36)38(5,6)7/h11-23,25,35-36H,24H2,1-10H3. The van der Waals surface area contributed by atoms with Gasteiger partial charge in [0.25, 0.3) is 0 Å². The summed E-state index contributed by atoms with van der Waals surface area (Å²) in [6, 6.07) is 26.4. The average Bonchev–Trinajstić information content (AvgIpc) is 3.54. The maximum atomic E-state index is 2.67. The highest BCUT2D eigenvalue weighted by molar-refractivity contribution is 5.81. The molecule has 1 fully saturated rings. The predicted molar refractivity (Wildman–Crippen MR) is 172 cm³/mol. The molecule has 6 rings (SSSR count). The third kappa shape index (κ3) is 4.08. The predicted octanol–water partition coefficient (Wildman–Crippen LogP) is 10.9. The Morgan fingerprint density at radius 3 is 1.65 bits per heavy atom. The van der Waals surface area contributed by atoms with Crippen molar-refractivity contribution in [1.82, 2.24) is 0 Å². The molecule has 3 aromatic rings. The SMILES string of the molecule is CC1CC(c2ccccc2)(C2c3cc(C(C)(C)C)ccc3-c3ccc(C(C)(C)C)cc32)C2C=C(C(C)(C)C)C=C12. The normalized spacial score (nSPS) is 24.4.